The minimum absolute atomic E-state index is 0.0636. The number of thiazole rings is 1. The summed E-state index contributed by atoms with van der Waals surface area (Å²) < 4.78 is 18.5. The second-order valence-electron chi connectivity index (χ2n) is 5.20. The molecule has 1 aromatic carbocycles. The van der Waals surface area contributed by atoms with Gasteiger partial charge < -0.3 is 9.64 Å². The second kappa shape index (κ2) is 6.54. The standard InChI is InChI=1S/C16H17FN2O2S/c1-2-13-9-19(7-8-21-13)16(20)14-10-22-15(18-14)11-3-5-12(17)6-4-11/h3-6,10,13H,2,7-9H2,1H3/t13-/m1/s1. The Morgan fingerprint density at radius 1 is 1.45 bits per heavy atom. The molecule has 0 bridgehead atoms. The van der Waals surface area contributed by atoms with Crippen molar-refractivity contribution in [1.29, 1.82) is 0 Å². The topological polar surface area (TPSA) is 42.4 Å². The number of ether oxygens (including phenoxy) is 1. The molecule has 2 aromatic rings. The van der Waals surface area contributed by atoms with Gasteiger partial charge in [-0.05, 0) is 30.7 Å². The van der Waals surface area contributed by atoms with E-state index in [2.05, 4.69) is 4.98 Å². The first-order valence-electron chi connectivity index (χ1n) is 7.29. The molecule has 0 unspecified atom stereocenters. The van der Waals surface area contributed by atoms with E-state index in [4.69, 9.17) is 4.74 Å². The van der Waals surface area contributed by atoms with Crippen molar-refractivity contribution in [3.63, 3.8) is 0 Å². The number of hydrogen-bond donors (Lipinski definition) is 0. The van der Waals surface area contributed by atoms with Crippen LogP contribution in [-0.4, -0.2) is 41.6 Å². The predicted molar refractivity (Wildman–Crippen MR) is 83.4 cm³/mol. The van der Waals surface area contributed by atoms with Crippen molar-refractivity contribution in [2.45, 2.75) is 19.4 Å². The highest BCUT2D eigenvalue weighted by Gasteiger charge is 2.25. The molecule has 116 valence electrons. The lowest BCUT2D eigenvalue weighted by Crippen LogP contribution is -2.45. The molecule has 1 atom stereocenters. The van der Waals surface area contributed by atoms with Gasteiger partial charge in [0.05, 0.1) is 12.7 Å². The molecular weight excluding hydrogens is 303 g/mol. The number of amides is 1. The van der Waals surface area contributed by atoms with E-state index in [0.717, 1.165) is 17.0 Å². The molecule has 1 fully saturated rings. The lowest BCUT2D eigenvalue weighted by atomic mass is 10.2. The molecule has 4 nitrogen and oxygen atoms in total. The normalized spacial score (nSPS) is 18.5. The third-order valence-electron chi connectivity index (χ3n) is 3.70. The maximum absolute atomic E-state index is 13.0. The fourth-order valence-electron chi connectivity index (χ4n) is 2.41. The minimum Gasteiger partial charge on any atom is -0.375 e. The summed E-state index contributed by atoms with van der Waals surface area (Å²) in [6.45, 7) is 3.82. The zero-order valence-corrected chi connectivity index (χ0v) is 13.1. The van der Waals surface area contributed by atoms with Crippen molar-refractivity contribution in [2.75, 3.05) is 19.7 Å². The molecule has 1 aromatic heterocycles. The Balaban J connectivity index is 1.75. The van der Waals surface area contributed by atoms with Crippen LogP contribution < -0.4 is 0 Å². The first-order valence-corrected chi connectivity index (χ1v) is 8.17. The number of carbonyl (C=O) groups is 1. The van der Waals surface area contributed by atoms with Gasteiger partial charge in [0.15, 0.2) is 0 Å². The van der Waals surface area contributed by atoms with E-state index in [1.807, 2.05) is 6.92 Å². The van der Waals surface area contributed by atoms with Crippen molar-refractivity contribution in [2.24, 2.45) is 0 Å². The summed E-state index contributed by atoms with van der Waals surface area (Å²) in [6.07, 6.45) is 0.995. The van der Waals surface area contributed by atoms with E-state index in [-0.39, 0.29) is 17.8 Å². The van der Waals surface area contributed by atoms with Crippen LogP contribution in [0.25, 0.3) is 10.6 Å². The predicted octanol–water partition coefficient (Wildman–Crippen LogP) is 3.20. The molecule has 3 rings (SSSR count). The van der Waals surface area contributed by atoms with Crippen LogP contribution in [0.5, 0.6) is 0 Å². The molecule has 1 saturated heterocycles. The number of aromatic nitrogens is 1. The van der Waals surface area contributed by atoms with Gasteiger partial charge in [-0.1, -0.05) is 6.92 Å². The highest BCUT2D eigenvalue weighted by atomic mass is 32.1. The summed E-state index contributed by atoms with van der Waals surface area (Å²) in [4.78, 5) is 18.7. The van der Waals surface area contributed by atoms with E-state index in [1.165, 1.54) is 23.5 Å². The monoisotopic (exact) mass is 320 g/mol. The minimum atomic E-state index is -0.282. The molecule has 0 spiro atoms. The molecule has 2 heterocycles. The van der Waals surface area contributed by atoms with Crippen LogP contribution in [0, 0.1) is 5.82 Å². The highest BCUT2D eigenvalue weighted by Crippen LogP contribution is 2.25. The van der Waals surface area contributed by atoms with Gasteiger partial charge in [0, 0.05) is 24.0 Å². The van der Waals surface area contributed by atoms with Crippen LogP contribution in [0.1, 0.15) is 23.8 Å². The average Bonchev–Trinajstić information content (AvgIpc) is 3.05. The number of halogens is 1. The number of benzene rings is 1. The molecule has 0 radical (unpaired) electrons. The molecular formula is C16H17FN2O2S. The van der Waals surface area contributed by atoms with E-state index < -0.39 is 0 Å². The van der Waals surface area contributed by atoms with Crippen molar-refractivity contribution < 1.29 is 13.9 Å². The Morgan fingerprint density at radius 2 is 2.23 bits per heavy atom. The Kier molecular flexibility index (Phi) is 4.49. The average molecular weight is 320 g/mol. The SMILES string of the molecule is CC[C@@H]1CN(C(=O)c2csc(-c3ccc(F)cc3)n2)CCO1. The number of nitrogens with zero attached hydrogens (tertiary/aromatic N) is 2. The lowest BCUT2D eigenvalue weighted by Gasteiger charge is -2.32. The van der Waals surface area contributed by atoms with Crippen LogP contribution >= 0.6 is 11.3 Å². The zero-order chi connectivity index (χ0) is 15.5. The van der Waals surface area contributed by atoms with Crippen molar-refractivity contribution >= 4 is 17.2 Å². The second-order valence-corrected chi connectivity index (χ2v) is 6.06. The van der Waals surface area contributed by atoms with Gasteiger partial charge in [0.2, 0.25) is 0 Å². The van der Waals surface area contributed by atoms with Crippen LogP contribution in [0.2, 0.25) is 0 Å². The van der Waals surface area contributed by atoms with Gasteiger partial charge in [0.25, 0.3) is 5.91 Å². The smallest absolute Gasteiger partial charge is 0.273 e. The van der Waals surface area contributed by atoms with E-state index in [0.29, 0.717) is 25.4 Å². The molecule has 6 heteroatoms. The van der Waals surface area contributed by atoms with E-state index in [9.17, 15) is 9.18 Å². The molecule has 0 N–H and O–H groups in total. The summed E-state index contributed by atoms with van der Waals surface area (Å²) in [6, 6.07) is 6.13. The number of carbonyl (C=O) groups excluding carboxylic acids is 1. The number of morpholine rings is 1. The van der Waals surface area contributed by atoms with Gasteiger partial charge in [-0.25, -0.2) is 9.37 Å². The van der Waals surface area contributed by atoms with Crippen LogP contribution in [0.15, 0.2) is 29.6 Å². The van der Waals surface area contributed by atoms with E-state index >= 15 is 0 Å². The fraction of sp³-hybridized carbons (Fsp3) is 0.375. The van der Waals surface area contributed by atoms with Crippen molar-refractivity contribution in [3.05, 3.63) is 41.2 Å². The lowest BCUT2D eigenvalue weighted by molar-refractivity contribution is -0.0227. The van der Waals surface area contributed by atoms with Crippen LogP contribution in [-0.2, 0) is 4.74 Å². The van der Waals surface area contributed by atoms with Crippen LogP contribution in [0.3, 0.4) is 0 Å². The summed E-state index contributed by atoms with van der Waals surface area (Å²) >= 11 is 1.40. The third-order valence-corrected chi connectivity index (χ3v) is 4.59. The van der Waals surface area contributed by atoms with Gasteiger partial charge in [-0.15, -0.1) is 11.3 Å². The summed E-state index contributed by atoms with van der Waals surface area (Å²) in [5.74, 6) is -0.345. The maximum Gasteiger partial charge on any atom is 0.273 e. The highest BCUT2D eigenvalue weighted by molar-refractivity contribution is 7.13. The quantitative estimate of drug-likeness (QED) is 0.872. The Bertz CT molecular complexity index is 656. The summed E-state index contributed by atoms with van der Waals surface area (Å²) in [7, 11) is 0. The molecule has 1 amide bonds. The fourth-order valence-corrected chi connectivity index (χ4v) is 3.21. The molecule has 0 aliphatic carbocycles. The number of hydrogen-bond acceptors (Lipinski definition) is 4. The van der Waals surface area contributed by atoms with Crippen molar-refractivity contribution in [3.8, 4) is 10.6 Å². The molecule has 0 saturated carbocycles. The largest absolute Gasteiger partial charge is 0.375 e. The van der Waals surface area contributed by atoms with Gasteiger partial charge >= 0.3 is 0 Å². The Hall–Kier alpha value is -1.79. The first kappa shape index (κ1) is 15.1. The van der Waals surface area contributed by atoms with Gasteiger partial charge in [-0.2, -0.15) is 0 Å². The Labute approximate surface area is 132 Å². The molecule has 22 heavy (non-hydrogen) atoms. The van der Waals surface area contributed by atoms with Crippen LogP contribution in [0.4, 0.5) is 4.39 Å². The maximum atomic E-state index is 13.0. The first-order chi connectivity index (χ1) is 10.7. The summed E-state index contributed by atoms with van der Waals surface area (Å²) in [5, 5.41) is 2.49. The third kappa shape index (κ3) is 3.18. The van der Waals surface area contributed by atoms with E-state index in [1.54, 1.807) is 22.4 Å². The molecule has 1 aliphatic heterocycles. The zero-order valence-electron chi connectivity index (χ0n) is 12.3. The van der Waals surface area contributed by atoms with Gasteiger partial charge in [0.1, 0.15) is 16.5 Å². The Morgan fingerprint density at radius 3 is 2.95 bits per heavy atom. The molecule has 1 aliphatic rings. The number of rotatable bonds is 3. The van der Waals surface area contributed by atoms with Gasteiger partial charge in [-0.3, -0.25) is 4.79 Å². The van der Waals surface area contributed by atoms with Crippen molar-refractivity contribution in [1.82, 2.24) is 9.88 Å². The summed E-state index contributed by atoms with van der Waals surface area (Å²) in [5.41, 5.74) is 1.26.